The Morgan fingerprint density at radius 1 is 0.455 bits per heavy atom. The Morgan fingerprint density at radius 2 is 0.844 bits per heavy atom. The lowest BCUT2D eigenvalue weighted by atomic mass is 9.86. The van der Waals surface area contributed by atoms with Crippen LogP contribution in [0.4, 0.5) is 0 Å². The predicted octanol–water partition coefficient (Wildman–Crippen LogP) is 24.9. The molecule has 0 radical (unpaired) electrons. The van der Waals surface area contributed by atoms with Gasteiger partial charge in [-0.1, -0.05) is 298 Å². The van der Waals surface area contributed by atoms with E-state index in [0.29, 0.717) is 5.92 Å². The van der Waals surface area contributed by atoms with Gasteiger partial charge in [0, 0.05) is 6.07 Å². The topological polar surface area (TPSA) is 38.7 Å². The number of methoxy groups -OCH3 is 1. The summed E-state index contributed by atoms with van der Waals surface area (Å²) in [6.45, 7) is 25.9. The van der Waals surface area contributed by atoms with E-state index in [-0.39, 0.29) is 6.10 Å². The highest BCUT2D eigenvalue weighted by Crippen LogP contribution is 2.32. The van der Waals surface area contributed by atoms with Gasteiger partial charge in [-0.25, -0.2) is 0 Å². The van der Waals surface area contributed by atoms with E-state index in [1.54, 1.807) is 7.11 Å². The third kappa shape index (κ3) is 45.6. The third-order valence-corrected chi connectivity index (χ3v) is 17.7. The Hall–Kier alpha value is -1.74. The summed E-state index contributed by atoms with van der Waals surface area (Å²) in [7, 11) is 1.77. The van der Waals surface area contributed by atoms with E-state index in [9.17, 15) is 5.11 Å². The van der Waals surface area contributed by atoms with Gasteiger partial charge in [0.1, 0.15) is 17.6 Å². The van der Waals surface area contributed by atoms with E-state index in [1.165, 1.54) is 262 Å². The molecule has 0 aliphatic heterocycles. The number of ether oxygens (including phenoxy) is 2. The number of hydrogen-bond donors (Lipinski definition) is 1. The standard InChI is InChI=1S/C74H138O3/c1-13-14-15-16-17-18-19-20-21-22-23-24-25-26-27-28-29-30-31-32-33-34-35-36-37-57-70-60-71(76-12)62-72(61-70)77-73(74(11,75)59-44-56-69(10)54-42-50-66(7)48-39-46-64(4)5)58-43-55-68(9)53-41-52-67(8)51-40-49-65(6)47-38-45-63(2)3/h20-21,55,60-67,69,73,75H,13-19,22-54,56-59H2,1-12H3/b21-20-,68-55+/t65-,66-,67-,69-,73?,74?/m1/s1. The Balaban J connectivity index is 2.59. The molecule has 0 aromatic heterocycles. The van der Waals surface area contributed by atoms with Crippen LogP contribution in [0.2, 0.25) is 0 Å². The van der Waals surface area contributed by atoms with Crippen LogP contribution in [0.1, 0.15) is 358 Å². The number of hydrogen-bond acceptors (Lipinski definition) is 3. The molecule has 6 atom stereocenters. The molecule has 452 valence electrons. The summed E-state index contributed by atoms with van der Waals surface area (Å²) >= 11 is 0. The minimum atomic E-state index is -0.916. The Labute approximate surface area is 484 Å². The maximum absolute atomic E-state index is 12.3. The molecule has 0 aliphatic carbocycles. The van der Waals surface area contributed by atoms with Gasteiger partial charge in [-0.15, -0.1) is 0 Å². The highest BCUT2D eigenvalue weighted by atomic mass is 16.5. The molecule has 1 aromatic rings. The highest BCUT2D eigenvalue weighted by molar-refractivity contribution is 5.39. The van der Waals surface area contributed by atoms with Crippen molar-refractivity contribution in [3.8, 4) is 11.5 Å². The van der Waals surface area contributed by atoms with E-state index in [4.69, 9.17) is 9.47 Å². The van der Waals surface area contributed by atoms with Crippen molar-refractivity contribution in [1.29, 1.82) is 0 Å². The first kappa shape index (κ1) is 73.3. The van der Waals surface area contributed by atoms with Crippen LogP contribution in [0.25, 0.3) is 0 Å². The molecule has 0 fully saturated rings. The van der Waals surface area contributed by atoms with Gasteiger partial charge in [-0.3, -0.25) is 0 Å². The molecular formula is C74H138O3. The first-order chi connectivity index (χ1) is 37.1. The van der Waals surface area contributed by atoms with Crippen LogP contribution in [0.5, 0.6) is 11.5 Å². The molecule has 2 unspecified atom stereocenters. The van der Waals surface area contributed by atoms with Gasteiger partial charge >= 0.3 is 0 Å². The van der Waals surface area contributed by atoms with E-state index >= 15 is 0 Å². The monoisotopic (exact) mass is 1080 g/mol. The highest BCUT2D eigenvalue weighted by Gasteiger charge is 2.33. The quantitative estimate of drug-likeness (QED) is 0.0522. The molecule has 0 saturated carbocycles. The van der Waals surface area contributed by atoms with E-state index in [0.717, 1.165) is 73.2 Å². The van der Waals surface area contributed by atoms with Crippen LogP contribution >= 0.6 is 0 Å². The second-order valence-electron chi connectivity index (χ2n) is 27.2. The van der Waals surface area contributed by atoms with E-state index in [1.807, 2.05) is 13.0 Å². The van der Waals surface area contributed by atoms with Crippen LogP contribution in [-0.2, 0) is 6.42 Å². The van der Waals surface area contributed by atoms with Crippen LogP contribution in [0, 0.1) is 35.5 Å². The third-order valence-electron chi connectivity index (χ3n) is 17.7. The van der Waals surface area contributed by atoms with Gasteiger partial charge in [0.25, 0.3) is 0 Å². The van der Waals surface area contributed by atoms with Crippen LogP contribution in [0.15, 0.2) is 42.0 Å². The average molecular weight is 1080 g/mol. The molecule has 1 rings (SSSR count). The van der Waals surface area contributed by atoms with Crippen LogP contribution < -0.4 is 9.47 Å². The molecular weight excluding hydrogens is 937 g/mol. The predicted molar refractivity (Wildman–Crippen MR) is 345 cm³/mol. The summed E-state index contributed by atoms with van der Waals surface area (Å²) in [5, 5.41) is 12.3. The molecule has 0 heterocycles. The molecule has 3 nitrogen and oxygen atoms in total. The molecule has 1 N–H and O–H groups in total. The molecule has 0 aliphatic rings. The molecule has 3 heteroatoms. The summed E-state index contributed by atoms with van der Waals surface area (Å²) in [6, 6.07) is 6.49. The van der Waals surface area contributed by atoms with Crippen molar-refractivity contribution < 1.29 is 14.6 Å². The second kappa shape index (κ2) is 50.0. The number of aryl methyl sites for hydroxylation is 1. The van der Waals surface area contributed by atoms with Gasteiger partial charge in [0.15, 0.2) is 0 Å². The van der Waals surface area contributed by atoms with Crippen LogP contribution in [0.3, 0.4) is 0 Å². The lowest BCUT2D eigenvalue weighted by Crippen LogP contribution is -2.43. The maximum atomic E-state index is 12.3. The zero-order valence-corrected chi connectivity index (χ0v) is 54.4. The van der Waals surface area contributed by atoms with Gasteiger partial charge < -0.3 is 14.6 Å². The number of allylic oxidation sites excluding steroid dienone is 4. The Bertz CT molecular complexity index is 1490. The smallest absolute Gasteiger partial charge is 0.127 e. The van der Waals surface area contributed by atoms with Gasteiger partial charge in [0.05, 0.1) is 12.7 Å². The van der Waals surface area contributed by atoms with Crippen molar-refractivity contribution in [3.63, 3.8) is 0 Å². The first-order valence-electron chi connectivity index (χ1n) is 34.5. The summed E-state index contributed by atoms with van der Waals surface area (Å²) < 4.78 is 12.8. The van der Waals surface area contributed by atoms with Crippen molar-refractivity contribution in [1.82, 2.24) is 0 Å². The van der Waals surface area contributed by atoms with Crippen molar-refractivity contribution in [2.24, 2.45) is 35.5 Å². The molecule has 0 saturated heterocycles. The zero-order valence-electron chi connectivity index (χ0n) is 54.4. The average Bonchev–Trinajstić information content (AvgIpc) is 3.38. The normalized spacial score (nSPS) is 15.1. The van der Waals surface area contributed by atoms with Crippen molar-refractivity contribution in [2.75, 3.05) is 7.11 Å². The van der Waals surface area contributed by atoms with Crippen molar-refractivity contribution in [3.05, 3.63) is 47.6 Å². The zero-order chi connectivity index (χ0) is 56.6. The van der Waals surface area contributed by atoms with Gasteiger partial charge in [-0.05, 0) is 138 Å². The minimum absolute atomic E-state index is 0.284. The van der Waals surface area contributed by atoms with Gasteiger partial charge in [-0.2, -0.15) is 0 Å². The fourth-order valence-corrected chi connectivity index (χ4v) is 12.0. The molecule has 0 bridgehead atoms. The first-order valence-corrected chi connectivity index (χ1v) is 34.5. The number of unbranched alkanes of at least 4 members (excludes halogenated alkanes) is 21. The lowest BCUT2D eigenvalue weighted by molar-refractivity contribution is -0.0585. The van der Waals surface area contributed by atoms with E-state index in [2.05, 4.69) is 99.6 Å². The Morgan fingerprint density at radius 3 is 1.29 bits per heavy atom. The second-order valence-corrected chi connectivity index (χ2v) is 27.2. The summed E-state index contributed by atoms with van der Waals surface area (Å²) in [5.74, 6) is 6.55. The van der Waals surface area contributed by atoms with Crippen LogP contribution in [-0.4, -0.2) is 23.9 Å². The maximum Gasteiger partial charge on any atom is 0.127 e. The van der Waals surface area contributed by atoms with Crippen molar-refractivity contribution in [2.45, 2.75) is 370 Å². The molecule has 0 amide bonds. The lowest BCUT2D eigenvalue weighted by Gasteiger charge is -2.34. The molecule has 1 aromatic carbocycles. The largest absolute Gasteiger partial charge is 0.497 e. The molecule has 77 heavy (non-hydrogen) atoms. The fraction of sp³-hybridized carbons (Fsp3) is 0.865. The number of aliphatic hydroxyl groups is 1. The van der Waals surface area contributed by atoms with Crippen molar-refractivity contribution >= 4 is 0 Å². The summed E-state index contributed by atoms with van der Waals surface area (Å²) in [6.07, 6.45) is 64.6. The molecule has 0 spiro atoms. The Kier molecular flexibility index (Phi) is 47.6. The van der Waals surface area contributed by atoms with Gasteiger partial charge in [0.2, 0.25) is 0 Å². The SMILES string of the molecule is CCCCCCCC/C=C\CCCCCCCCCCCCCCCCCc1cc(OC)cc(OC(CC/C=C(\C)CCC[C@H](C)CCC[C@H](C)CCCC(C)C)C(C)(O)CCC[C@H](C)CCC[C@H](C)CCCC(C)C)c1. The fourth-order valence-electron chi connectivity index (χ4n) is 12.0. The number of rotatable bonds is 56. The summed E-state index contributed by atoms with van der Waals surface area (Å²) in [5.41, 5.74) is 1.86. The minimum Gasteiger partial charge on any atom is -0.497 e. The van der Waals surface area contributed by atoms with E-state index < -0.39 is 5.60 Å². The number of benzene rings is 1. The summed E-state index contributed by atoms with van der Waals surface area (Å²) in [4.78, 5) is 0.